The number of hydrogen-bond donors (Lipinski definition) is 0. The van der Waals surface area contributed by atoms with Crippen LogP contribution in [0.2, 0.25) is 0 Å². The molecule has 0 bridgehead atoms. The van der Waals surface area contributed by atoms with Gasteiger partial charge in [0.2, 0.25) is 0 Å². The minimum atomic E-state index is -0.820. The summed E-state index contributed by atoms with van der Waals surface area (Å²) in [6.45, 7) is 6.34. The minimum Gasteiger partial charge on any atom is -0.462 e. The van der Waals surface area contributed by atoms with Gasteiger partial charge < -0.3 is 14.2 Å². The molecule has 336 valence electrons. The van der Waals surface area contributed by atoms with Gasteiger partial charge in [0.15, 0.2) is 6.10 Å². The summed E-state index contributed by atoms with van der Waals surface area (Å²) in [6, 6.07) is 0. The van der Waals surface area contributed by atoms with Gasteiger partial charge in [0, 0.05) is 12.8 Å². The quantitative estimate of drug-likeness (QED) is 0.0201. The molecule has 0 rings (SSSR count). The Morgan fingerprint density at radius 1 is 0.390 bits per heavy atom. The minimum absolute atomic E-state index is 0.113. The third-order valence-corrected chi connectivity index (χ3v) is 9.91. The fraction of sp³-hybridized carbons (Fsp3) is 0.679. The van der Waals surface area contributed by atoms with Crippen LogP contribution in [-0.4, -0.2) is 37.2 Å². The van der Waals surface area contributed by atoms with Crippen LogP contribution in [0, 0.1) is 0 Å². The predicted octanol–water partition coefficient (Wildman–Crippen LogP) is 15.6. The van der Waals surface area contributed by atoms with E-state index in [1.165, 1.54) is 89.9 Å². The standard InChI is InChI=1S/C53H88O6/c1-4-7-10-13-16-19-21-23-25-26-28-29-31-34-37-40-43-46-52(55)58-49-50(48-57-51(54)45-42-39-36-33-18-15-12-9-6-3)59-53(56)47-44-41-38-35-32-30-27-24-22-20-17-14-11-8-5-2/h9,12,16-20,22-25,33,39,42,50H,4-8,10-11,13-15,21,26-32,34-38,40-41,43-49H2,1-3H3/b12-9-,19-16-,20-17-,24-22-,25-23-,33-18-,42-39-. The highest BCUT2D eigenvalue weighted by atomic mass is 16.6. The van der Waals surface area contributed by atoms with Crippen molar-refractivity contribution in [2.24, 2.45) is 0 Å². The van der Waals surface area contributed by atoms with Crippen molar-refractivity contribution in [3.05, 3.63) is 85.1 Å². The van der Waals surface area contributed by atoms with E-state index in [1.54, 1.807) is 6.08 Å². The van der Waals surface area contributed by atoms with Gasteiger partial charge in [-0.2, -0.15) is 0 Å². The molecular weight excluding hydrogens is 733 g/mol. The monoisotopic (exact) mass is 821 g/mol. The van der Waals surface area contributed by atoms with Gasteiger partial charge in [-0.3, -0.25) is 14.4 Å². The van der Waals surface area contributed by atoms with Crippen molar-refractivity contribution in [3.63, 3.8) is 0 Å². The molecule has 0 N–H and O–H groups in total. The van der Waals surface area contributed by atoms with E-state index < -0.39 is 12.1 Å². The van der Waals surface area contributed by atoms with E-state index in [4.69, 9.17) is 14.2 Å². The summed E-state index contributed by atoms with van der Waals surface area (Å²) in [6.07, 6.45) is 60.2. The molecule has 0 saturated heterocycles. The maximum Gasteiger partial charge on any atom is 0.309 e. The zero-order chi connectivity index (χ0) is 43.0. The number of hydrogen-bond acceptors (Lipinski definition) is 6. The maximum absolute atomic E-state index is 12.7. The number of rotatable bonds is 42. The third-order valence-electron chi connectivity index (χ3n) is 9.91. The van der Waals surface area contributed by atoms with Gasteiger partial charge in [-0.25, -0.2) is 0 Å². The predicted molar refractivity (Wildman–Crippen MR) is 251 cm³/mol. The molecule has 6 heteroatoms. The second-order valence-electron chi connectivity index (χ2n) is 15.7. The molecule has 0 heterocycles. The fourth-order valence-corrected chi connectivity index (χ4v) is 6.29. The fourth-order valence-electron chi connectivity index (χ4n) is 6.29. The molecule has 1 atom stereocenters. The van der Waals surface area contributed by atoms with Gasteiger partial charge in [0.1, 0.15) is 13.2 Å². The molecule has 0 radical (unpaired) electrons. The molecule has 6 nitrogen and oxygen atoms in total. The molecule has 1 unspecified atom stereocenters. The van der Waals surface area contributed by atoms with Crippen molar-refractivity contribution < 1.29 is 28.6 Å². The van der Waals surface area contributed by atoms with Crippen LogP contribution in [0.1, 0.15) is 213 Å². The molecule has 59 heavy (non-hydrogen) atoms. The van der Waals surface area contributed by atoms with Crippen LogP contribution in [0.25, 0.3) is 0 Å². The lowest BCUT2D eigenvalue weighted by molar-refractivity contribution is -0.166. The SMILES string of the molecule is CC/C=C\C/C=C\C/C=C\CC(=O)OCC(COC(=O)CCCCCCCCC/C=C\C/C=C\CCCCC)OC(=O)CCCCCCCC/C=C\C=C/CCCCC. The van der Waals surface area contributed by atoms with E-state index in [0.29, 0.717) is 12.8 Å². The van der Waals surface area contributed by atoms with Gasteiger partial charge in [-0.1, -0.05) is 189 Å². The number of allylic oxidation sites excluding steroid dienone is 13. The molecule has 0 aliphatic rings. The molecule has 0 aliphatic carbocycles. The summed E-state index contributed by atoms with van der Waals surface area (Å²) in [5.41, 5.74) is 0. The first-order valence-electron chi connectivity index (χ1n) is 24.1. The Hall–Kier alpha value is -3.41. The highest BCUT2D eigenvalue weighted by Gasteiger charge is 2.19. The van der Waals surface area contributed by atoms with Crippen LogP contribution >= 0.6 is 0 Å². The smallest absolute Gasteiger partial charge is 0.309 e. The Kier molecular flexibility index (Phi) is 44.5. The topological polar surface area (TPSA) is 78.9 Å². The van der Waals surface area contributed by atoms with Gasteiger partial charge in [-0.05, 0) is 89.9 Å². The zero-order valence-corrected chi connectivity index (χ0v) is 38.2. The summed E-state index contributed by atoms with van der Waals surface area (Å²) in [5, 5.41) is 0. The molecule has 0 saturated carbocycles. The molecule has 0 fully saturated rings. The molecule has 0 aliphatic heterocycles. The highest BCUT2D eigenvalue weighted by molar-refractivity contribution is 5.72. The van der Waals surface area contributed by atoms with Gasteiger partial charge in [0.25, 0.3) is 0 Å². The number of carbonyl (C=O) groups excluding carboxylic acids is 3. The summed E-state index contributed by atoms with van der Waals surface area (Å²) in [7, 11) is 0. The lowest BCUT2D eigenvalue weighted by atomic mass is 10.1. The van der Waals surface area contributed by atoms with Crippen LogP contribution in [0.4, 0.5) is 0 Å². The largest absolute Gasteiger partial charge is 0.462 e. The lowest BCUT2D eigenvalue weighted by Gasteiger charge is -2.18. The average molecular weight is 821 g/mol. The first-order valence-corrected chi connectivity index (χ1v) is 24.1. The zero-order valence-electron chi connectivity index (χ0n) is 38.2. The van der Waals surface area contributed by atoms with Crippen LogP contribution in [-0.2, 0) is 28.6 Å². The Labute approximate surface area is 363 Å². The third kappa shape index (κ3) is 45.5. The normalized spacial score (nSPS) is 12.8. The number of carbonyl (C=O) groups is 3. The van der Waals surface area contributed by atoms with E-state index in [1.807, 2.05) is 6.08 Å². The Morgan fingerprint density at radius 2 is 0.780 bits per heavy atom. The second-order valence-corrected chi connectivity index (χ2v) is 15.7. The highest BCUT2D eigenvalue weighted by Crippen LogP contribution is 2.13. The van der Waals surface area contributed by atoms with E-state index >= 15 is 0 Å². The lowest BCUT2D eigenvalue weighted by Crippen LogP contribution is -2.30. The first-order chi connectivity index (χ1) is 29.0. The average Bonchev–Trinajstić information content (AvgIpc) is 3.23. The van der Waals surface area contributed by atoms with Crippen LogP contribution in [0.5, 0.6) is 0 Å². The summed E-state index contributed by atoms with van der Waals surface area (Å²) in [5.74, 6) is -1.07. The number of ether oxygens (including phenoxy) is 3. The molecule has 0 aromatic carbocycles. The van der Waals surface area contributed by atoms with Crippen molar-refractivity contribution in [3.8, 4) is 0 Å². The van der Waals surface area contributed by atoms with E-state index in [2.05, 4.69) is 93.7 Å². The molecule has 0 aromatic heterocycles. The van der Waals surface area contributed by atoms with E-state index in [9.17, 15) is 14.4 Å². The second kappa shape index (κ2) is 47.3. The van der Waals surface area contributed by atoms with Crippen LogP contribution in [0.3, 0.4) is 0 Å². The summed E-state index contributed by atoms with van der Waals surface area (Å²) < 4.78 is 16.6. The Balaban J connectivity index is 4.43. The van der Waals surface area contributed by atoms with Gasteiger partial charge in [-0.15, -0.1) is 0 Å². The van der Waals surface area contributed by atoms with Crippen molar-refractivity contribution in [1.29, 1.82) is 0 Å². The van der Waals surface area contributed by atoms with Gasteiger partial charge in [0.05, 0.1) is 6.42 Å². The van der Waals surface area contributed by atoms with Crippen molar-refractivity contribution in [2.45, 2.75) is 219 Å². The maximum atomic E-state index is 12.7. The van der Waals surface area contributed by atoms with E-state index in [-0.39, 0.29) is 31.6 Å². The van der Waals surface area contributed by atoms with Crippen LogP contribution < -0.4 is 0 Å². The number of unbranched alkanes of at least 4 members (excludes halogenated alkanes) is 19. The summed E-state index contributed by atoms with van der Waals surface area (Å²) >= 11 is 0. The van der Waals surface area contributed by atoms with E-state index in [0.717, 1.165) is 83.5 Å². The van der Waals surface area contributed by atoms with Crippen LogP contribution in [0.15, 0.2) is 85.1 Å². The molecule has 0 spiro atoms. The molecule has 0 amide bonds. The Bertz CT molecular complexity index is 1170. The number of esters is 3. The first kappa shape index (κ1) is 55.6. The van der Waals surface area contributed by atoms with Crippen molar-refractivity contribution in [1.82, 2.24) is 0 Å². The molecular formula is C53H88O6. The van der Waals surface area contributed by atoms with Crippen molar-refractivity contribution in [2.75, 3.05) is 13.2 Å². The van der Waals surface area contributed by atoms with Crippen molar-refractivity contribution >= 4 is 17.9 Å². The van der Waals surface area contributed by atoms with Gasteiger partial charge >= 0.3 is 17.9 Å². The molecule has 0 aromatic rings. The Morgan fingerprint density at radius 3 is 1.29 bits per heavy atom. The summed E-state index contributed by atoms with van der Waals surface area (Å²) in [4.78, 5) is 37.7.